The average molecular weight is 434 g/mol. The summed E-state index contributed by atoms with van der Waals surface area (Å²) in [6, 6.07) is 13.9. The lowest BCUT2D eigenvalue weighted by molar-refractivity contribution is 0.0903. The highest BCUT2D eigenvalue weighted by atomic mass is 32.1. The van der Waals surface area contributed by atoms with E-state index in [1.165, 1.54) is 0 Å². The molecule has 2 aromatic carbocycles. The van der Waals surface area contributed by atoms with Crippen LogP contribution in [0.1, 0.15) is 33.6 Å². The van der Waals surface area contributed by atoms with Gasteiger partial charge in [-0.1, -0.05) is 23.5 Å². The molecular weight excluding hydrogens is 410 g/mol. The molecule has 0 spiro atoms. The van der Waals surface area contributed by atoms with Gasteiger partial charge in [-0.2, -0.15) is 0 Å². The minimum absolute atomic E-state index is 0.0237. The van der Waals surface area contributed by atoms with Crippen molar-refractivity contribution in [1.29, 1.82) is 0 Å². The third-order valence-electron chi connectivity index (χ3n) is 5.91. The quantitative estimate of drug-likeness (QED) is 0.451. The Bertz CT molecular complexity index is 1280. The first kappa shape index (κ1) is 19.7. The van der Waals surface area contributed by atoms with Crippen molar-refractivity contribution in [3.63, 3.8) is 0 Å². The molecule has 8 heteroatoms. The maximum Gasteiger partial charge on any atom is 0.251 e. The van der Waals surface area contributed by atoms with Gasteiger partial charge in [0, 0.05) is 42.0 Å². The van der Waals surface area contributed by atoms with E-state index in [1.54, 1.807) is 30.5 Å². The van der Waals surface area contributed by atoms with Crippen molar-refractivity contribution in [2.75, 3.05) is 14.1 Å². The number of benzene rings is 2. The fraction of sp³-hybridized carbons (Fsp3) is 0.261. The van der Waals surface area contributed by atoms with E-state index < -0.39 is 0 Å². The SMILES string of the molecule is CNC(=O)c1ccc(-c2cn3c(n2)sc2cc(C(=O)N[C@H]4C[C@@H](NC)C4)ccc23)cc1. The van der Waals surface area contributed by atoms with E-state index in [4.69, 9.17) is 4.98 Å². The van der Waals surface area contributed by atoms with Gasteiger partial charge in [0.15, 0.2) is 4.96 Å². The summed E-state index contributed by atoms with van der Waals surface area (Å²) in [5.41, 5.74) is 4.12. The number of hydrogen-bond donors (Lipinski definition) is 3. The summed E-state index contributed by atoms with van der Waals surface area (Å²) in [7, 11) is 3.57. The molecule has 31 heavy (non-hydrogen) atoms. The third kappa shape index (κ3) is 3.58. The molecule has 0 saturated heterocycles. The summed E-state index contributed by atoms with van der Waals surface area (Å²) in [6.45, 7) is 0. The number of imidazole rings is 1. The zero-order valence-corrected chi connectivity index (χ0v) is 18.1. The topological polar surface area (TPSA) is 87.5 Å². The Morgan fingerprint density at radius 1 is 1.00 bits per heavy atom. The van der Waals surface area contributed by atoms with Crippen molar-refractivity contribution < 1.29 is 9.59 Å². The van der Waals surface area contributed by atoms with Gasteiger partial charge >= 0.3 is 0 Å². The number of carbonyl (C=O) groups is 2. The zero-order chi connectivity index (χ0) is 21.5. The molecule has 0 radical (unpaired) electrons. The number of nitrogens with zero attached hydrogens (tertiary/aromatic N) is 2. The highest BCUT2D eigenvalue weighted by molar-refractivity contribution is 7.23. The summed E-state index contributed by atoms with van der Waals surface area (Å²) in [6.07, 6.45) is 3.95. The zero-order valence-electron chi connectivity index (χ0n) is 17.3. The summed E-state index contributed by atoms with van der Waals surface area (Å²) in [5, 5.41) is 8.96. The number of rotatable bonds is 5. The summed E-state index contributed by atoms with van der Waals surface area (Å²) in [5.74, 6) is -0.133. The fourth-order valence-corrected chi connectivity index (χ4v) is 5.01. The van der Waals surface area contributed by atoms with Gasteiger partial charge in [0.2, 0.25) is 0 Å². The smallest absolute Gasteiger partial charge is 0.251 e. The monoisotopic (exact) mass is 433 g/mol. The van der Waals surface area contributed by atoms with E-state index in [2.05, 4.69) is 16.0 Å². The number of hydrogen-bond acceptors (Lipinski definition) is 5. The van der Waals surface area contributed by atoms with Gasteiger partial charge in [0.1, 0.15) is 0 Å². The standard InChI is InChI=1S/C23H23N5O2S/c1-24-16-10-17(11-16)26-22(30)15-7-8-19-20(9-15)31-23-27-18(12-28(19)23)13-3-5-14(6-4-13)21(29)25-2/h3-9,12,16-17,24H,10-11H2,1-2H3,(H,25,29)(H,26,30)/t16-,17+. The highest BCUT2D eigenvalue weighted by Crippen LogP contribution is 2.30. The first-order valence-electron chi connectivity index (χ1n) is 10.3. The van der Waals surface area contributed by atoms with Crippen molar-refractivity contribution >= 4 is 38.3 Å². The van der Waals surface area contributed by atoms with Gasteiger partial charge in [-0.15, -0.1) is 0 Å². The predicted octanol–water partition coefficient (Wildman–Crippen LogP) is 3.06. The van der Waals surface area contributed by atoms with Gasteiger partial charge in [-0.05, 0) is 50.2 Å². The molecule has 0 unspecified atom stereocenters. The second-order valence-electron chi connectivity index (χ2n) is 7.85. The van der Waals surface area contributed by atoms with E-state index in [1.807, 2.05) is 48.0 Å². The van der Waals surface area contributed by atoms with Crippen molar-refractivity contribution in [3.05, 3.63) is 59.8 Å². The Balaban J connectivity index is 1.38. The molecule has 1 saturated carbocycles. The van der Waals surface area contributed by atoms with Gasteiger partial charge in [0.25, 0.3) is 11.8 Å². The van der Waals surface area contributed by atoms with Crippen molar-refractivity contribution in [3.8, 4) is 11.3 Å². The normalized spacial score (nSPS) is 18.1. The Kier molecular flexibility index (Phi) is 4.95. The van der Waals surface area contributed by atoms with Crippen LogP contribution in [0.25, 0.3) is 26.4 Å². The Morgan fingerprint density at radius 2 is 1.74 bits per heavy atom. The molecule has 7 nitrogen and oxygen atoms in total. The molecule has 2 amide bonds. The summed E-state index contributed by atoms with van der Waals surface area (Å²) in [4.78, 5) is 29.9. The maximum atomic E-state index is 12.6. The highest BCUT2D eigenvalue weighted by Gasteiger charge is 2.29. The number of amides is 2. The predicted molar refractivity (Wildman–Crippen MR) is 123 cm³/mol. The van der Waals surface area contributed by atoms with Crippen LogP contribution >= 0.6 is 11.3 Å². The van der Waals surface area contributed by atoms with Gasteiger partial charge in [0.05, 0.1) is 15.9 Å². The Morgan fingerprint density at radius 3 is 2.45 bits per heavy atom. The maximum absolute atomic E-state index is 12.6. The van der Waals surface area contributed by atoms with E-state index >= 15 is 0 Å². The molecule has 3 N–H and O–H groups in total. The second-order valence-corrected chi connectivity index (χ2v) is 8.86. The first-order chi connectivity index (χ1) is 15.1. The van der Waals surface area contributed by atoms with Gasteiger partial charge in [-0.3, -0.25) is 14.0 Å². The molecular formula is C23H23N5O2S. The van der Waals surface area contributed by atoms with Crippen LogP contribution in [0.2, 0.25) is 0 Å². The molecule has 5 rings (SSSR count). The molecule has 1 aliphatic carbocycles. The molecule has 158 valence electrons. The van der Waals surface area contributed by atoms with Gasteiger partial charge < -0.3 is 16.0 Å². The van der Waals surface area contributed by atoms with Crippen LogP contribution in [0.4, 0.5) is 0 Å². The molecule has 1 fully saturated rings. The van der Waals surface area contributed by atoms with Crippen LogP contribution in [0.15, 0.2) is 48.7 Å². The lowest BCUT2D eigenvalue weighted by atomic mass is 9.87. The number of thiazole rings is 1. The molecule has 0 atom stereocenters. The van der Waals surface area contributed by atoms with Crippen molar-refractivity contribution in [2.45, 2.75) is 24.9 Å². The molecule has 4 aromatic rings. The van der Waals surface area contributed by atoms with E-state index in [0.717, 1.165) is 39.3 Å². The lowest BCUT2D eigenvalue weighted by Gasteiger charge is -2.35. The van der Waals surface area contributed by atoms with E-state index in [0.29, 0.717) is 17.2 Å². The van der Waals surface area contributed by atoms with Crippen molar-refractivity contribution in [1.82, 2.24) is 25.3 Å². The minimum atomic E-state index is -0.109. The number of carbonyl (C=O) groups excluding carboxylic acids is 2. The second kappa shape index (κ2) is 7.79. The summed E-state index contributed by atoms with van der Waals surface area (Å²) >= 11 is 1.56. The van der Waals surface area contributed by atoms with Gasteiger partial charge in [-0.25, -0.2) is 4.98 Å². The fourth-order valence-electron chi connectivity index (χ4n) is 3.96. The Labute approximate surface area is 183 Å². The van der Waals surface area contributed by atoms with Crippen LogP contribution in [0.3, 0.4) is 0 Å². The largest absolute Gasteiger partial charge is 0.355 e. The molecule has 2 aromatic heterocycles. The summed E-state index contributed by atoms with van der Waals surface area (Å²) < 4.78 is 3.08. The third-order valence-corrected chi connectivity index (χ3v) is 6.93. The molecule has 0 bridgehead atoms. The number of fused-ring (bicyclic) bond motifs is 3. The van der Waals surface area contributed by atoms with Crippen LogP contribution in [-0.4, -0.2) is 47.4 Å². The molecule has 2 heterocycles. The Hall–Kier alpha value is -3.23. The molecule has 0 aliphatic heterocycles. The van der Waals surface area contributed by atoms with E-state index in [9.17, 15) is 9.59 Å². The molecule has 1 aliphatic rings. The number of aromatic nitrogens is 2. The first-order valence-corrected chi connectivity index (χ1v) is 11.1. The van der Waals surface area contributed by atoms with Crippen LogP contribution < -0.4 is 16.0 Å². The van der Waals surface area contributed by atoms with Crippen LogP contribution in [0.5, 0.6) is 0 Å². The minimum Gasteiger partial charge on any atom is -0.355 e. The lowest BCUT2D eigenvalue weighted by Crippen LogP contribution is -2.51. The van der Waals surface area contributed by atoms with E-state index in [-0.39, 0.29) is 17.9 Å². The average Bonchev–Trinajstić information content (AvgIpc) is 3.32. The van der Waals surface area contributed by atoms with Crippen molar-refractivity contribution in [2.24, 2.45) is 0 Å². The van der Waals surface area contributed by atoms with Crippen LogP contribution in [-0.2, 0) is 0 Å². The van der Waals surface area contributed by atoms with Crippen LogP contribution in [0, 0.1) is 0 Å². The number of nitrogens with one attached hydrogen (secondary N) is 3.